The number of aromatic nitrogens is 3. The minimum atomic E-state index is 0.0250. The number of piperidine rings is 2. The molecule has 0 aliphatic carbocycles. The second kappa shape index (κ2) is 8.79. The maximum absolute atomic E-state index is 13.2. The maximum atomic E-state index is 13.2. The van der Waals surface area contributed by atoms with Crippen molar-refractivity contribution in [1.29, 1.82) is 0 Å². The summed E-state index contributed by atoms with van der Waals surface area (Å²) in [4.78, 5) is 26.8. The third-order valence-electron chi connectivity index (χ3n) is 6.98. The first-order chi connectivity index (χ1) is 15.2. The molecule has 1 aromatic carbocycles. The number of benzene rings is 1. The van der Waals surface area contributed by atoms with E-state index in [2.05, 4.69) is 62.6 Å². The molecular formula is C25H31N5O. The predicted molar refractivity (Wildman–Crippen MR) is 121 cm³/mol. The van der Waals surface area contributed by atoms with Gasteiger partial charge in [0, 0.05) is 36.9 Å². The Bertz CT molecular complexity index is 1040. The quantitative estimate of drug-likeness (QED) is 0.641. The second-order valence-corrected chi connectivity index (χ2v) is 9.04. The normalized spacial score (nSPS) is 20.9. The summed E-state index contributed by atoms with van der Waals surface area (Å²) < 4.78 is 2.05. The number of hydrogen-bond acceptors (Lipinski definition) is 4. The number of rotatable bonds is 4. The van der Waals surface area contributed by atoms with Crippen LogP contribution in [0.2, 0.25) is 0 Å². The lowest BCUT2D eigenvalue weighted by Crippen LogP contribution is -2.42. The molecule has 1 atom stereocenters. The van der Waals surface area contributed by atoms with E-state index >= 15 is 0 Å². The van der Waals surface area contributed by atoms with Gasteiger partial charge in [-0.1, -0.05) is 30.3 Å². The van der Waals surface area contributed by atoms with Crippen LogP contribution in [0.5, 0.6) is 0 Å². The number of carbonyl (C=O) groups is 1. The fourth-order valence-corrected chi connectivity index (χ4v) is 5.17. The molecule has 1 unspecified atom stereocenters. The molecular weight excluding hydrogens is 386 g/mol. The summed E-state index contributed by atoms with van der Waals surface area (Å²) in [5.41, 5.74) is 3.80. The van der Waals surface area contributed by atoms with Gasteiger partial charge in [0.2, 0.25) is 0 Å². The van der Waals surface area contributed by atoms with Crippen LogP contribution >= 0.6 is 0 Å². The van der Waals surface area contributed by atoms with Crippen LogP contribution in [0.3, 0.4) is 0 Å². The number of fused-ring (bicyclic) bond motifs is 1. The summed E-state index contributed by atoms with van der Waals surface area (Å²) in [6, 6.07) is 13.1. The third kappa shape index (κ3) is 4.09. The highest BCUT2D eigenvalue weighted by Crippen LogP contribution is 2.30. The van der Waals surface area contributed by atoms with Gasteiger partial charge in [0.15, 0.2) is 11.3 Å². The molecule has 0 N–H and O–H groups in total. The second-order valence-electron chi connectivity index (χ2n) is 9.04. The molecule has 2 fully saturated rings. The monoisotopic (exact) mass is 417 g/mol. The zero-order chi connectivity index (χ0) is 21.2. The first-order valence-corrected chi connectivity index (χ1v) is 11.6. The molecule has 0 saturated carbocycles. The fraction of sp³-hybridized carbons (Fsp3) is 0.480. The van der Waals surface area contributed by atoms with Crippen molar-refractivity contribution in [3.63, 3.8) is 0 Å². The summed E-state index contributed by atoms with van der Waals surface area (Å²) in [6.45, 7) is 6.12. The summed E-state index contributed by atoms with van der Waals surface area (Å²) >= 11 is 0. The minimum absolute atomic E-state index is 0.0250. The molecule has 1 amide bonds. The highest BCUT2D eigenvalue weighted by molar-refractivity contribution is 5.98. The first-order valence-electron chi connectivity index (χ1n) is 11.6. The molecule has 5 rings (SSSR count). The molecule has 2 aromatic heterocycles. The van der Waals surface area contributed by atoms with Crippen molar-refractivity contribution in [2.75, 3.05) is 19.6 Å². The third-order valence-corrected chi connectivity index (χ3v) is 6.98. The Kier molecular flexibility index (Phi) is 5.72. The van der Waals surface area contributed by atoms with E-state index in [1.54, 1.807) is 6.33 Å². The van der Waals surface area contributed by atoms with Gasteiger partial charge in [0.25, 0.3) is 5.91 Å². The molecule has 3 aromatic rings. The Hall–Kier alpha value is -2.73. The molecule has 0 bridgehead atoms. The lowest BCUT2D eigenvalue weighted by atomic mass is 9.93. The number of amides is 1. The number of nitrogens with zero attached hydrogens (tertiary/aromatic N) is 5. The van der Waals surface area contributed by atoms with Gasteiger partial charge >= 0.3 is 0 Å². The van der Waals surface area contributed by atoms with Crippen LogP contribution in [-0.4, -0.2) is 55.8 Å². The van der Waals surface area contributed by atoms with Crippen molar-refractivity contribution in [2.45, 2.75) is 57.5 Å². The highest BCUT2D eigenvalue weighted by atomic mass is 16.2. The van der Waals surface area contributed by atoms with Crippen LogP contribution < -0.4 is 0 Å². The molecule has 0 radical (unpaired) electrons. The van der Waals surface area contributed by atoms with E-state index in [4.69, 9.17) is 0 Å². The number of hydrogen-bond donors (Lipinski definition) is 0. The Morgan fingerprint density at radius 3 is 2.58 bits per heavy atom. The number of imidazole rings is 1. The van der Waals surface area contributed by atoms with E-state index in [0.29, 0.717) is 17.3 Å². The van der Waals surface area contributed by atoms with Gasteiger partial charge < -0.3 is 4.90 Å². The Morgan fingerprint density at radius 1 is 1.00 bits per heavy atom. The van der Waals surface area contributed by atoms with Gasteiger partial charge in [0.05, 0.1) is 0 Å². The van der Waals surface area contributed by atoms with Crippen molar-refractivity contribution in [1.82, 2.24) is 24.2 Å². The van der Waals surface area contributed by atoms with Gasteiger partial charge in [-0.2, -0.15) is 0 Å². The minimum Gasteiger partial charge on any atom is -0.334 e. The van der Waals surface area contributed by atoms with E-state index < -0.39 is 0 Å². The van der Waals surface area contributed by atoms with Gasteiger partial charge in [0.1, 0.15) is 6.33 Å². The van der Waals surface area contributed by atoms with E-state index in [0.717, 1.165) is 51.9 Å². The van der Waals surface area contributed by atoms with Gasteiger partial charge in [-0.05, 0) is 63.7 Å². The fourth-order valence-electron chi connectivity index (χ4n) is 5.17. The smallest absolute Gasteiger partial charge is 0.276 e. The topological polar surface area (TPSA) is 53.7 Å². The molecule has 0 spiro atoms. The molecule has 31 heavy (non-hydrogen) atoms. The maximum Gasteiger partial charge on any atom is 0.276 e. The Morgan fingerprint density at radius 2 is 1.81 bits per heavy atom. The van der Waals surface area contributed by atoms with Crippen LogP contribution in [-0.2, 0) is 6.54 Å². The van der Waals surface area contributed by atoms with E-state index in [-0.39, 0.29) is 11.9 Å². The van der Waals surface area contributed by atoms with E-state index in [1.165, 1.54) is 17.7 Å². The van der Waals surface area contributed by atoms with E-state index in [9.17, 15) is 4.79 Å². The van der Waals surface area contributed by atoms with Gasteiger partial charge in [-0.3, -0.25) is 14.1 Å². The van der Waals surface area contributed by atoms with Crippen molar-refractivity contribution in [3.8, 4) is 0 Å². The van der Waals surface area contributed by atoms with Crippen LogP contribution in [0.1, 0.15) is 66.7 Å². The van der Waals surface area contributed by atoms with Crippen molar-refractivity contribution in [2.24, 2.45) is 0 Å². The largest absolute Gasteiger partial charge is 0.334 e. The average Bonchev–Trinajstić information content (AvgIpc) is 3.25. The molecule has 6 heteroatoms. The summed E-state index contributed by atoms with van der Waals surface area (Å²) in [6.07, 6.45) is 9.20. The molecule has 4 heterocycles. The summed E-state index contributed by atoms with van der Waals surface area (Å²) in [5.74, 6) is 0.487. The highest BCUT2D eigenvalue weighted by Gasteiger charge is 2.29. The van der Waals surface area contributed by atoms with Crippen molar-refractivity contribution in [3.05, 3.63) is 65.9 Å². The molecule has 2 saturated heterocycles. The lowest BCUT2D eigenvalue weighted by molar-refractivity contribution is 0.0632. The lowest BCUT2D eigenvalue weighted by Gasteiger charge is -2.33. The van der Waals surface area contributed by atoms with Gasteiger partial charge in [-0.25, -0.2) is 9.97 Å². The molecule has 6 nitrogen and oxygen atoms in total. The van der Waals surface area contributed by atoms with Crippen LogP contribution in [0.15, 0.2) is 48.9 Å². The number of carbonyl (C=O) groups excluding carboxylic acids is 1. The molecule has 2 aliphatic heterocycles. The Labute approximate surface area is 183 Å². The standard InChI is InChI=1S/C25H31N5O/c1-19-7-5-6-14-29(19)25(31)23-24-26-13-10-22(30(24)18-27-23)21-11-15-28(16-12-21)17-20-8-3-2-4-9-20/h2-4,8-10,13,18-19,21H,5-7,11-12,14-17H2,1H3. The first kappa shape index (κ1) is 20.2. The van der Waals surface area contributed by atoms with Crippen molar-refractivity contribution < 1.29 is 4.79 Å². The summed E-state index contributed by atoms with van der Waals surface area (Å²) in [5, 5.41) is 0. The average molecular weight is 418 g/mol. The Balaban J connectivity index is 1.32. The SMILES string of the molecule is CC1CCCCN1C(=O)c1ncn2c(C3CCN(Cc4ccccc4)CC3)ccnc12. The predicted octanol–water partition coefficient (Wildman–Crippen LogP) is 4.12. The number of likely N-dealkylation sites (tertiary alicyclic amines) is 2. The van der Waals surface area contributed by atoms with Crippen LogP contribution in [0, 0.1) is 0 Å². The van der Waals surface area contributed by atoms with Gasteiger partial charge in [-0.15, -0.1) is 0 Å². The molecule has 162 valence electrons. The zero-order valence-electron chi connectivity index (χ0n) is 18.3. The van der Waals surface area contributed by atoms with E-state index in [1.807, 2.05) is 11.1 Å². The zero-order valence-corrected chi connectivity index (χ0v) is 18.3. The summed E-state index contributed by atoms with van der Waals surface area (Å²) in [7, 11) is 0. The van der Waals surface area contributed by atoms with Crippen LogP contribution in [0.25, 0.3) is 5.65 Å². The van der Waals surface area contributed by atoms with Crippen molar-refractivity contribution >= 4 is 11.6 Å². The molecule has 2 aliphatic rings. The van der Waals surface area contributed by atoms with Crippen LogP contribution in [0.4, 0.5) is 0 Å².